The van der Waals surface area contributed by atoms with Crippen molar-refractivity contribution in [3.8, 4) is 0 Å². The van der Waals surface area contributed by atoms with E-state index in [1.807, 2.05) is 0 Å². The number of halogens is 1. The van der Waals surface area contributed by atoms with Crippen molar-refractivity contribution in [2.75, 3.05) is 13.1 Å². The summed E-state index contributed by atoms with van der Waals surface area (Å²) in [7, 11) is 0. The first-order valence-corrected chi connectivity index (χ1v) is 3.27. The number of hydrogen-bond acceptors (Lipinski definition) is 1. The molecule has 0 radical (unpaired) electrons. The van der Waals surface area contributed by atoms with Gasteiger partial charge >= 0.3 is 0 Å². The summed E-state index contributed by atoms with van der Waals surface area (Å²) in [5.41, 5.74) is 7.21. The summed E-state index contributed by atoms with van der Waals surface area (Å²) in [6, 6.07) is 0. The van der Waals surface area contributed by atoms with Gasteiger partial charge in [-0.25, -0.2) is 0 Å². The first kappa shape index (κ1) is 11.7. The Bertz CT molecular complexity index is 65.5. The van der Waals surface area contributed by atoms with Crippen LogP contribution in [0.1, 0.15) is 26.7 Å². The normalized spacial score (nSPS) is 8.22. The molecule has 0 unspecified atom stereocenters. The van der Waals surface area contributed by atoms with Gasteiger partial charge in [-0.05, 0) is 0 Å². The molecule has 56 valence electrons. The molecule has 1 N–H and O–H groups in total. The van der Waals surface area contributed by atoms with E-state index >= 15 is 0 Å². The molecule has 9 heavy (non-hydrogen) atoms. The standard InChI is InChI=1S/C6H15N2.ClH/c1-3-5-8(7)6-4-2;/h7H,3-6H2,1-2H3;1H/q+1;. The molecule has 0 atom stereocenters. The topological polar surface area (TPSA) is 26.9 Å². The SMILES string of the molecule is CCC[N+](=N)CCC.Cl. The smallest absolute Gasteiger partial charge is 0.147 e. The summed E-state index contributed by atoms with van der Waals surface area (Å²) in [6.07, 6.45) is 2.17. The van der Waals surface area contributed by atoms with Crippen LogP contribution in [0.3, 0.4) is 0 Å². The summed E-state index contributed by atoms with van der Waals surface area (Å²) in [6.45, 7) is 6.01. The van der Waals surface area contributed by atoms with Gasteiger partial charge in [0.2, 0.25) is 0 Å². The first-order chi connectivity index (χ1) is 3.81. The highest BCUT2D eigenvalue weighted by molar-refractivity contribution is 5.85. The Balaban J connectivity index is 0. The van der Waals surface area contributed by atoms with Gasteiger partial charge in [-0.1, -0.05) is 19.4 Å². The van der Waals surface area contributed by atoms with Gasteiger partial charge in [-0.2, -0.15) is 0 Å². The second kappa shape index (κ2) is 7.89. The van der Waals surface area contributed by atoms with Crippen LogP contribution in [0.25, 0.3) is 0 Å². The van der Waals surface area contributed by atoms with E-state index in [-0.39, 0.29) is 12.4 Å². The van der Waals surface area contributed by atoms with Crippen molar-refractivity contribution in [3.63, 3.8) is 0 Å². The molecule has 0 aromatic heterocycles. The van der Waals surface area contributed by atoms with Crippen LogP contribution >= 0.6 is 12.4 Å². The van der Waals surface area contributed by atoms with E-state index in [0.717, 1.165) is 25.9 Å². The zero-order chi connectivity index (χ0) is 6.41. The van der Waals surface area contributed by atoms with Gasteiger partial charge in [0.15, 0.2) is 13.1 Å². The highest BCUT2D eigenvalue weighted by Crippen LogP contribution is 1.81. The van der Waals surface area contributed by atoms with Gasteiger partial charge in [-0.3, -0.25) is 0 Å². The van der Waals surface area contributed by atoms with E-state index in [9.17, 15) is 0 Å². The Hall–Kier alpha value is -0.110. The molecule has 0 rings (SSSR count). The molecule has 0 amide bonds. The monoisotopic (exact) mass is 151 g/mol. The van der Waals surface area contributed by atoms with Crippen LogP contribution in [0, 0.1) is 5.53 Å². The molecule has 0 saturated carbocycles. The fourth-order valence-electron chi connectivity index (χ4n) is 0.652. The molecular weight excluding hydrogens is 136 g/mol. The van der Waals surface area contributed by atoms with Crippen molar-refractivity contribution in [2.24, 2.45) is 0 Å². The van der Waals surface area contributed by atoms with E-state index in [2.05, 4.69) is 13.8 Å². The molecule has 0 aromatic rings. The predicted molar refractivity (Wildman–Crippen MR) is 40.5 cm³/mol. The van der Waals surface area contributed by atoms with Crippen molar-refractivity contribution in [3.05, 3.63) is 0 Å². The van der Waals surface area contributed by atoms with Gasteiger partial charge in [0, 0.05) is 12.8 Å². The third kappa shape index (κ3) is 7.89. The number of rotatable bonds is 4. The fourth-order valence-corrected chi connectivity index (χ4v) is 0.652. The molecule has 0 aliphatic heterocycles. The zero-order valence-electron chi connectivity index (χ0n) is 6.18. The maximum absolute atomic E-state index is 7.21. The Kier molecular flexibility index (Phi) is 10.2. The molecule has 0 aliphatic rings. The van der Waals surface area contributed by atoms with E-state index < -0.39 is 0 Å². The third-order valence-corrected chi connectivity index (χ3v) is 0.987. The Morgan fingerprint density at radius 2 is 1.44 bits per heavy atom. The van der Waals surface area contributed by atoms with Gasteiger partial charge in [0.25, 0.3) is 0 Å². The summed E-state index contributed by atoms with van der Waals surface area (Å²) >= 11 is 0. The van der Waals surface area contributed by atoms with Crippen LogP contribution < -0.4 is 0 Å². The summed E-state index contributed by atoms with van der Waals surface area (Å²) in [5.74, 6) is 0. The molecule has 0 fully saturated rings. The molecule has 0 heterocycles. The van der Waals surface area contributed by atoms with Crippen LogP contribution in [0.4, 0.5) is 0 Å². The van der Waals surface area contributed by atoms with Crippen molar-refractivity contribution in [1.29, 1.82) is 5.53 Å². The summed E-state index contributed by atoms with van der Waals surface area (Å²) < 4.78 is 1.61. The van der Waals surface area contributed by atoms with Gasteiger partial charge in [0.1, 0.15) is 0 Å². The molecule has 0 aliphatic carbocycles. The average Bonchev–Trinajstić information content (AvgIpc) is 1.68. The molecular formula is C6H16ClN2+. The highest BCUT2D eigenvalue weighted by Gasteiger charge is 1.95. The van der Waals surface area contributed by atoms with Crippen molar-refractivity contribution in [1.82, 2.24) is 0 Å². The molecule has 2 nitrogen and oxygen atoms in total. The van der Waals surface area contributed by atoms with E-state index in [0.29, 0.717) is 0 Å². The van der Waals surface area contributed by atoms with Crippen molar-refractivity contribution in [2.45, 2.75) is 26.7 Å². The molecule has 0 spiro atoms. The van der Waals surface area contributed by atoms with E-state index in [1.54, 1.807) is 4.70 Å². The fraction of sp³-hybridized carbons (Fsp3) is 1.00. The number of nitrogens with zero attached hydrogens (tertiary/aromatic N) is 1. The zero-order valence-corrected chi connectivity index (χ0v) is 7.00. The summed E-state index contributed by atoms with van der Waals surface area (Å²) in [4.78, 5) is 0. The Morgan fingerprint density at radius 1 is 1.11 bits per heavy atom. The predicted octanol–water partition coefficient (Wildman–Crippen LogP) is 2.27. The average molecular weight is 152 g/mol. The second-order valence-corrected chi connectivity index (χ2v) is 1.99. The molecule has 0 saturated heterocycles. The largest absolute Gasteiger partial charge is 0.167 e. The quantitative estimate of drug-likeness (QED) is 0.472. The van der Waals surface area contributed by atoms with Crippen LogP contribution in [0.15, 0.2) is 0 Å². The van der Waals surface area contributed by atoms with Crippen molar-refractivity contribution >= 4 is 12.4 Å². The number of hydrogen-bond donors (Lipinski definition) is 1. The first-order valence-electron chi connectivity index (χ1n) is 3.27. The van der Waals surface area contributed by atoms with Crippen LogP contribution in [-0.2, 0) is 0 Å². The third-order valence-electron chi connectivity index (χ3n) is 0.987. The second-order valence-electron chi connectivity index (χ2n) is 1.99. The van der Waals surface area contributed by atoms with Gasteiger partial charge in [0.05, 0.1) is 0 Å². The lowest BCUT2D eigenvalue weighted by atomic mass is 10.4. The summed E-state index contributed by atoms with van der Waals surface area (Å²) in [5, 5.41) is 0. The van der Waals surface area contributed by atoms with Gasteiger partial charge in [-0.15, -0.1) is 17.1 Å². The van der Waals surface area contributed by atoms with E-state index in [1.165, 1.54) is 0 Å². The highest BCUT2D eigenvalue weighted by atomic mass is 35.5. The minimum atomic E-state index is 0. The minimum absolute atomic E-state index is 0. The lowest BCUT2D eigenvalue weighted by molar-refractivity contribution is -0.614. The van der Waals surface area contributed by atoms with Gasteiger partial charge < -0.3 is 0 Å². The molecule has 3 heteroatoms. The molecule has 0 aromatic carbocycles. The maximum Gasteiger partial charge on any atom is 0.167 e. The van der Waals surface area contributed by atoms with Crippen LogP contribution in [-0.4, -0.2) is 17.8 Å². The lowest BCUT2D eigenvalue weighted by Gasteiger charge is -1.90. The van der Waals surface area contributed by atoms with Crippen molar-refractivity contribution < 1.29 is 4.70 Å². The lowest BCUT2D eigenvalue weighted by Crippen LogP contribution is -2.08. The van der Waals surface area contributed by atoms with Crippen LogP contribution in [0.2, 0.25) is 0 Å². The van der Waals surface area contributed by atoms with E-state index in [4.69, 9.17) is 5.53 Å². The molecule has 0 bridgehead atoms. The Labute approximate surface area is 63.2 Å². The number of nitrogens with one attached hydrogen (secondary N) is 1. The van der Waals surface area contributed by atoms with Crippen LogP contribution in [0.5, 0.6) is 0 Å². The Morgan fingerprint density at radius 3 is 1.67 bits per heavy atom. The maximum atomic E-state index is 7.21. The minimum Gasteiger partial charge on any atom is -0.147 e.